The molecule has 0 spiro atoms. The average molecular weight is 175 g/mol. The van der Waals surface area contributed by atoms with E-state index in [-0.39, 0.29) is 6.10 Å². The van der Waals surface area contributed by atoms with Crippen LogP contribution in [0.1, 0.15) is 13.8 Å². The SMILES string of the molecule is [CH2]C(C)OCCOCCOCC. The Morgan fingerprint density at radius 1 is 1.08 bits per heavy atom. The molecular formula is C9H19O3. The molecular weight excluding hydrogens is 156 g/mol. The molecule has 0 aliphatic rings. The van der Waals surface area contributed by atoms with E-state index < -0.39 is 0 Å². The molecule has 0 aromatic heterocycles. The van der Waals surface area contributed by atoms with E-state index in [0.29, 0.717) is 26.4 Å². The van der Waals surface area contributed by atoms with Crippen molar-refractivity contribution in [1.29, 1.82) is 0 Å². The van der Waals surface area contributed by atoms with Gasteiger partial charge in [-0.25, -0.2) is 0 Å². The van der Waals surface area contributed by atoms with Crippen LogP contribution in [0.3, 0.4) is 0 Å². The summed E-state index contributed by atoms with van der Waals surface area (Å²) < 4.78 is 15.5. The smallest absolute Gasteiger partial charge is 0.0704 e. The van der Waals surface area contributed by atoms with Crippen LogP contribution in [0.5, 0.6) is 0 Å². The van der Waals surface area contributed by atoms with Crippen molar-refractivity contribution in [3.63, 3.8) is 0 Å². The number of hydrogen-bond acceptors (Lipinski definition) is 3. The van der Waals surface area contributed by atoms with Gasteiger partial charge in [0.2, 0.25) is 0 Å². The lowest BCUT2D eigenvalue weighted by Crippen LogP contribution is -2.12. The Labute approximate surface area is 75.0 Å². The summed E-state index contributed by atoms with van der Waals surface area (Å²) in [7, 11) is 0. The number of hydrogen-bond donors (Lipinski definition) is 0. The van der Waals surface area contributed by atoms with E-state index in [9.17, 15) is 0 Å². The lowest BCUT2D eigenvalue weighted by atomic mass is 10.5. The monoisotopic (exact) mass is 175 g/mol. The van der Waals surface area contributed by atoms with Crippen molar-refractivity contribution in [3.05, 3.63) is 6.92 Å². The minimum Gasteiger partial charge on any atom is -0.379 e. The lowest BCUT2D eigenvalue weighted by molar-refractivity contribution is 0.00586. The third-order valence-electron chi connectivity index (χ3n) is 1.21. The molecule has 0 rings (SSSR count). The second-order valence-corrected chi connectivity index (χ2v) is 2.49. The fourth-order valence-electron chi connectivity index (χ4n) is 0.672. The summed E-state index contributed by atoms with van der Waals surface area (Å²) in [5.41, 5.74) is 0. The van der Waals surface area contributed by atoms with E-state index >= 15 is 0 Å². The molecule has 0 aliphatic carbocycles. The van der Waals surface area contributed by atoms with Crippen molar-refractivity contribution >= 4 is 0 Å². The van der Waals surface area contributed by atoms with E-state index in [1.54, 1.807) is 0 Å². The maximum atomic E-state index is 5.21. The Kier molecular flexibility index (Phi) is 8.88. The van der Waals surface area contributed by atoms with Crippen molar-refractivity contribution in [2.24, 2.45) is 0 Å². The first-order valence-corrected chi connectivity index (χ1v) is 4.37. The molecule has 3 nitrogen and oxygen atoms in total. The minimum atomic E-state index is 0.0421. The topological polar surface area (TPSA) is 27.7 Å². The Hall–Kier alpha value is -0.120. The highest BCUT2D eigenvalue weighted by Crippen LogP contribution is 1.86. The van der Waals surface area contributed by atoms with Gasteiger partial charge in [-0.1, -0.05) is 0 Å². The highest BCUT2D eigenvalue weighted by atomic mass is 16.5. The quantitative estimate of drug-likeness (QED) is 0.520. The van der Waals surface area contributed by atoms with Gasteiger partial charge in [0.05, 0.1) is 32.5 Å². The predicted molar refractivity (Wildman–Crippen MR) is 48.1 cm³/mol. The fraction of sp³-hybridized carbons (Fsp3) is 0.889. The van der Waals surface area contributed by atoms with Crippen molar-refractivity contribution < 1.29 is 14.2 Å². The normalized spacial score (nSPS) is 11.0. The maximum Gasteiger partial charge on any atom is 0.0704 e. The largest absolute Gasteiger partial charge is 0.379 e. The standard InChI is InChI=1S/C9H19O3/c1-4-10-5-6-11-7-8-12-9(2)3/h9H,2,4-8H2,1,3H3. The molecule has 0 bridgehead atoms. The first kappa shape index (κ1) is 11.9. The Morgan fingerprint density at radius 3 is 2.25 bits per heavy atom. The van der Waals surface area contributed by atoms with E-state index in [0.717, 1.165) is 6.61 Å². The van der Waals surface area contributed by atoms with Gasteiger partial charge in [-0.3, -0.25) is 0 Å². The fourth-order valence-corrected chi connectivity index (χ4v) is 0.672. The molecule has 1 radical (unpaired) electrons. The third kappa shape index (κ3) is 9.88. The first-order chi connectivity index (χ1) is 5.77. The molecule has 73 valence electrons. The molecule has 0 saturated carbocycles. The minimum absolute atomic E-state index is 0.0421. The van der Waals surface area contributed by atoms with Crippen LogP contribution in [0.2, 0.25) is 0 Å². The van der Waals surface area contributed by atoms with Crippen LogP contribution in [-0.4, -0.2) is 39.1 Å². The van der Waals surface area contributed by atoms with Gasteiger partial charge in [-0.15, -0.1) is 0 Å². The molecule has 1 atom stereocenters. The zero-order valence-corrected chi connectivity index (χ0v) is 8.04. The van der Waals surface area contributed by atoms with Crippen LogP contribution < -0.4 is 0 Å². The highest BCUT2D eigenvalue weighted by Gasteiger charge is 1.92. The predicted octanol–water partition coefficient (Wildman–Crippen LogP) is 1.28. The zero-order valence-electron chi connectivity index (χ0n) is 8.04. The summed E-state index contributed by atoms with van der Waals surface area (Å²) in [6.45, 7) is 10.8. The third-order valence-corrected chi connectivity index (χ3v) is 1.21. The van der Waals surface area contributed by atoms with Crippen LogP contribution in [0.4, 0.5) is 0 Å². The van der Waals surface area contributed by atoms with Crippen LogP contribution in [0, 0.1) is 6.92 Å². The summed E-state index contributed by atoms with van der Waals surface area (Å²) in [5, 5.41) is 0. The van der Waals surface area contributed by atoms with Crippen molar-refractivity contribution in [2.75, 3.05) is 33.0 Å². The second-order valence-electron chi connectivity index (χ2n) is 2.49. The zero-order chi connectivity index (χ0) is 9.23. The second kappa shape index (κ2) is 8.97. The average Bonchev–Trinajstić information content (AvgIpc) is 2.02. The van der Waals surface area contributed by atoms with Crippen LogP contribution >= 0.6 is 0 Å². The Balaban J connectivity index is 2.82. The molecule has 0 N–H and O–H groups in total. The molecule has 0 aromatic carbocycles. The van der Waals surface area contributed by atoms with Gasteiger partial charge in [0.1, 0.15) is 0 Å². The van der Waals surface area contributed by atoms with E-state index in [4.69, 9.17) is 14.2 Å². The first-order valence-electron chi connectivity index (χ1n) is 4.37. The summed E-state index contributed by atoms with van der Waals surface area (Å²) in [4.78, 5) is 0. The Morgan fingerprint density at radius 2 is 1.67 bits per heavy atom. The molecule has 3 heteroatoms. The van der Waals surface area contributed by atoms with E-state index in [2.05, 4.69) is 6.92 Å². The van der Waals surface area contributed by atoms with Crippen molar-refractivity contribution in [2.45, 2.75) is 20.0 Å². The Bertz CT molecular complexity index is 83.8. The van der Waals surface area contributed by atoms with Gasteiger partial charge < -0.3 is 14.2 Å². The van der Waals surface area contributed by atoms with Gasteiger partial charge in [0, 0.05) is 6.61 Å². The molecule has 0 aliphatic heterocycles. The van der Waals surface area contributed by atoms with Crippen molar-refractivity contribution in [1.82, 2.24) is 0 Å². The summed E-state index contributed by atoms with van der Waals surface area (Å²) in [6, 6.07) is 0. The number of ether oxygens (including phenoxy) is 3. The van der Waals surface area contributed by atoms with Gasteiger partial charge in [-0.05, 0) is 20.8 Å². The molecule has 12 heavy (non-hydrogen) atoms. The van der Waals surface area contributed by atoms with Gasteiger partial charge in [0.25, 0.3) is 0 Å². The molecule has 0 amide bonds. The number of rotatable bonds is 8. The van der Waals surface area contributed by atoms with Gasteiger partial charge >= 0.3 is 0 Å². The van der Waals surface area contributed by atoms with E-state index in [1.807, 2.05) is 13.8 Å². The summed E-state index contributed by atoms with van der Waals surface area (Å²) in [5.74, 6) is 0. The van der Waals surface area contributed by atoms with Crippen molar-refractivity contribution in [3.8, 4) is 0 Å². The molecule has 0 heterocycles. The van der Waals surface area contributed by atoms with Gasteiger partial charge in [-0.2, -0.15) is 0 Å². The van der Waals surface area contributed by atoms with E-state index in [1.165, 1.54) is 0 Å². The molecule has 1 unspecified atom stereocenters. The maximum absolute atomic E-state index is 5.21. The van der Waals surface area contributed by atoms with Gasteiger partial charge in [0.15, 0.2) is 0 Å². The highest BCUT2D eigenvalue weighted by molar-refractivity contribution is 4.48. The van der Waals surface area contributed by atoms with Crippen LogP contribution in [0.15, 0.2) is 0 Å². The van der Waals surface area contributed by atoms with Crippen LogP contribution in [0.25, 0.3) is 0 Å². The lowest BCUT2D eigenvalue weighted by Gasteiger charge is -2.07. The summed E-state index contributed by atoms with van der Waals surface area (Å²) >= 11 is 0. The molecule has 0 saturated heterocycles. The molecule has 0 fully saturated rings. The summed E-state index contributed by atoms with van der Waals surface area (Å²) in [6.07, 6.45) is 0.0421. The molecule has 0 aromatic rings. The van der Waals surface area contributed by atoms with Crippen LogP contribution in [-0.2, 0) is 14.2 Å².